The summed E-state index contributed by atoms with van der Waals surface area (Å²) in [7, 11) is 0. The molecule has 1 aromatic heterocycles. The Morgan fingerprint density at radius 1 is 1.04 bits per heavy atom. The summed E-state index contributed by atoms with van der Waals surface area (Å²) in [5.74, 6) is 0.253. The van der Waals surface area contributed by atoms with Gasteiger partial charge in [0, 0.05) is 11.3 Å². The molecule has 1 heterocycles. The molecule has 0 spiro atoms. The predicted molar refractivity (Wildman–Crippen MR) is 105 cm³/mol. The largest absolute Gasteiger partial charge is 0.426 e. The Bertz CT molecular complexity index is 947. The van der Waals surface area contributed by atoms with Crippen LogP contribution in [-0.2, 0) is 16.0 Å². The lowest BCUT2D eigenvalue weighted by atomic mass is 10.1. The Kier molecular flexibility index (Phi) is 4.98. The molecule has 0 aliphatic heterocycles. The Morgan fingerprint density at radius 2 is 1.74 bits per heavy atom. The van der Waals surface area contributed by atoms with Crippen LogP contribution < -0.4 is 10.1 Å². The molecule has 0 atom stereocenters. The number of thiazole rings is 1. The molecule has 1 aliphatic carbocycles. The minimum Gasteiger partial charge on any atom is -0.426 e. The first-order valence-electron chi connectivity index (χ1n) is 8.79. The van der Waals surface area contributed by atoms with Crippen LogP contribution in [0.2, 0.25) is 0 Å². The molecule has 2 aromatic carbocycles. The van der Waals surface area contributed by atoms with E-state index in [0.29, 0.717) is 16.6 Å². The van der Waals surface area contributed by atoms with E-state index in [1.807, 2.05) is 42.5 Å². The zero-order valence-corrected chi connectivity index (χ0v) is 15.4. The molecule has 0 saturated heterocycles. The van der Waals surface area contributed by atoms with Crippen LogP contribution in [0, 0.1) is 5.92 Å². The Labute approximate surface area is 161 Å². The molecule has 27 heavy (non-hydrogen) atoms. The van der Waals surface area contributed by atoms with Gasteiger partial charge in [-0.15, -0.1) is 11.3 Å². The molecule has 3 aromatic rings. The van der Waals surface area contributed by atoms with Gasteiger partial charge in [-0.3, -0.25) is 9.59 Å². The molecule has 0 unspecified atom stereocenters. The first kappa shape index (κ1) is 17.4. The van der Waals surface area contributed by atoms with Crippen LogP contribution in [0.15, 0.2) is 60.0 Å². The van der Waals surface area contributed by atoms with Crippen LogP contribution >= 0.6 is 11.3 Å². The molecule has 1 amide bonds. The maximum absolute atomic E-state index is 12.1. The van der Waals surface area contributed by atoms with Crippen molar-refractivity contribution in [1.29, 1.82) is 0 Å². The van der Waals surface area contributed by atoms with Crippen molar-refractivity contribution >= 4 is 28.3 Å². The molecule has 136 valence electrons. The average Bonchev–Trinajstić information content (AvgIpc) is 3.45. The number of amides is 1. The SMILES string of the molecule is O=C(Cc1csc(NC(=O)C2CC2)n1)Oc1ccc(-c2ccccc2)cc1. The number of anilines is 1. The Hall–Kier alpha value is -2.99. The molecular formula is C21H18N2O3S. The molecule has 0 radical (unpaired) electrons. The van der Waals surface area contributed by atoms with E-state index >= 15 is 0 Å². The lowest BCUT2D eigenvalue weighted by Crippen LogP contribution is -2.14. The minimum atomic E-state index is -0.382. The topological polar surface area (TPSA) is 68.3 Å². The van der Waals surface area contributed by atoms with Gasteiger partial charge in [-0.25, -0.2) is 4.98 Å². The van der Waals surface area contributed by atoms with Crippen LogP contribution in [-0.4, -0.2) is 16.9 Å². The van der Waals surface area contributed by atoms with Crippen molar-refractivity contribution in [2.24, 2.45) is 5.92 Å². The lowest BCUT2D eigenvalue weighted by molar-refractivity contribution is -0.133. The summed E-state index contributed by atoms with van der Waals surface area (Å²) in [6, 6.07) is 17.4. The summed E-state index contributed by atoms with van der Waals surface area (Å²) in [6.45, 7) is 0. The van der Waals surface area contributed by atoms with E-state index < -0.39 is 0 Å². The van der Waals surface area contributed by atoms with Gasteiger partial charge in [0.25, 0.3) is 0 Å². The number of nitrogens with zero attached hydrogens (tertiary/aromatic N) is 1. The van der Waals surface area contributed by atoms with Crippen LogP contribution in [0.1, 0.15) is 18.5 Å². The van der Waals surface area contributed by atoms with Crippen molar-refractivity contribution in [1.82, 2.24) is 4.98 Å². The van der Waals surface area contributed by atoms with Crippen LogP contribution in [0.4, 0.5) is 5.13 Å². The highest BCUT2D eigenvalue weighted by molar-refractivity contribution is 7.13. The number of nitrogens with one attached hydrogen (secondary N) is 1. The Balaban J connectivity index is 1.32. The molecule has 1 saturated carbocycles. The number of rotatable bonds is 6. The van der Waals surface area contributed by atoms with Crippen molar-refractivity contribution in [3.8, 4) is 16.9 Å². The highest BCUT2D eigenvalue weighted by Crippen LogP contribution is 2.30. The predicted octanol–water partition coefficient (Wildman–Crippen LogP) is 4.31. The van der Waals surface area contributed by atoms with Crippen molar-refractivity contribution < 1.29 is 14.3 Å². The summed E-state index contributed by atoms with van der Waals surface area (Å²) in [5.41, 5.74) is 2.77. The van der Waals surface area contributed by atoms with Gasteiger partial charge in [-0.05, 0) is 36.1 Å². The van der Waals surface area contributed by atoms with E-state index in [4.69, 9.17) is 4.74 Å². The van der Waals surface area contributed by atoms with Gasteiger partial charge < -0.3 is 10.1 Å². The van der Waals surface area contributed by atoms with Crippen molar-refractivity contribution in [3.05, 3.63) is 65.7 Å². The van der Waals surface area contributed by atoms with E-state index in [0.717, 1.165) is 24.0 Å². The number of benzene rings is 2. The summed E-state index contributed by atoms with van der Waals surface area (Å²) in [5, 5.41) is 5.08. The van der Waals surface area contributed by atoms with E-state index in [1.54, 1.807) is 17.5 Å². The fourth-order valence-electron chi connectivity index (χ4n) is 2.66. The highest BCUT2D eigenvalue weighted by Gasteiger charge is 2.30. The number of carbonyl (C=O) groups is 2. The van der Waals surface area contributed by atoms with Crippen LogP contribution in [0.25, 0.3) is 11.1 Å². The third-order valence-corrected chi connectivity index (χ3v) is 5.06. The number of hydrogen-bond acceptors (Lipinski definition) is 5. The number of hydrogen-bond donors (Lipinski definition) is 1. The smallest absolute Gasteiger partial charge is 0.317 e. The summed E-state index contributed by atoms with van der Waals surface area (Å²) in [4.78, 5) is 28.2. The minimum absolute atomic E-state index is 0.0111. The number of carbonyl (C=O) groups excluding carboxylic acids is 2. The number of esters is 1. The second-order valence-corrected chi connectivity index (χ2v) is 7.31. The molecule has 0 bridgehead atoms. The zero-order valence-electron chi connectivity index (χ0n) is 14.6. The molecule has 4 rings (SSSR count). The van der Waals surface area contributed by atoms with Crippen LogP contribution in [0.5, 0.6) is 5.75 Å². The van der Waals surface area contributed by atoms with Crippen molar-refractivity contribution in [3.63, 3.8) is 0 Å². The van der Waals surface area contributed by atoms with Crippen molar-refractivity contribution in [2.75, 3.05) is 5.32 Å². The summed E-state index contributed by atoms with van der Waals surface area (Å²) >= 11 is 1.32. The molecule has 1 aliphatic rings. The fourth-order valence-corrected chi connectivity index (χ4v) is 3.37. The van der Waals surface area contributed by atoms with Gasteiger partial charge in [0.1, 0.15) is 5.75 Å². The van der Waals surface area contributed by atoms with E-state index in [9.17, 15) is 9.59 Å². The van der Waals surface area contributed by atoms with Gasteiger partial charge in [0.15, 0.2) is 5.13 Å². The Morgan fingerprint density at radius 3 is 2.44 bits per heavy atom. The number of aromatic nitrogens is 1. The fraction of sp³-hybridized carbons (Fsp3) is 0.190. The molecular weight excluding hydrogens is 360 g/mol. The molecule has 6 heteroatoms. The van der Waals surface area contributed by atoms with Crippen molar-refractivity contribution in [2.45, 2.75) is 19.3 Å². The van der Waals surface area contributed by atoms with Gasteiger partial charge >= 0.3 is 5.97 Å². The standard InChI is InChI=1S/C21H18N2O3S/c24-19(12-17-13-27-21(22-17)23-20(25)16-6-7-16)26-18-10-8-15(9-11-18)14-4-2-1-3-5-14/h1-5,8-11,13,16H,6-7,12H2,(H,22,23,25). The highest BCUT2D eigenvalue weighted by atomic mass is 32.1. The third kappa shape index (κ3) is 4.60. The van der Waals surface area contributed by atoms with Gasteiger partial charge in [-0.2, -0.15) is 0 Å². The molecule has 1 N–H and O–H groups in total. The van der Waals surface area contributed by atoms with E-state index in [2.05, 4.69) is 10.3 Å². The first-order chi connectivity index (χ1) is 13.2. The second-order valence-electron chi connectivity index (χ2n) is 6.45. The normalized spacial score (nSPS) is 13.2. The maximum atomic E-state index is 12.1. The van der Waals surface area contributed by atoms with Crippen LogP contribution in [0.3, 0.4) is 0 Å². The van der Waals surface area contributed by atoms with Gasteiger partial charge in [0.05, 0.1) is 12.1 Å². The third-order valence-electron chi connectivity index (χ3n) is 4.25. The van der Waals surface area contributed by atoms with Gasteiger partial charge in [0.2, 0.25) is 5.91 Å². The summed E-state index contributed by atoms with van der Waals surface area (Å²) in [6.07, 6.45) is 1.95. The zero-order chi connectivity index (χ0) is 18.6. The lowest BCUT2D eigenvalue weighted by Gasteiger charge is -2.05. The second kappa shape index (κ2) is 7.72. The molecule has 5 nitrogen and oxygen atoms in total. The maximum Gasteiger partial charge on any atom is 0.317 e. The summed E-state index contributed by atoms with van der Waals surface area (Å²) < 4.78 is 5.39. The quantitative estimate of drug-likeness (QED) is 0.513. The monoisotopic (exact) mass is 378 g/mol. The van der Waals surface area contributed by atoms with E-state index in [-0.39, 0.29) is 24.2 Å². The van der Waals surface area contributed by atoms with Gasteiger partial charge in [-0.1, -0.05) is 42.5 Å². The number of ether oxygens (including phenoxy) is 1. The molecule has 1 fully saturated rings. The average molecular weight is 378 g/mol. The first-order valence-corrected chi connectivity index (χ1v) is 9.67. The van der Waals surface area contributed by atoms with E-state index in [1.165, 1.54) is 11.3 Å².